The van der Waals surface area contributed by atoms with Crippen molar-refractivity contribution in [2.75, 3.05) is 4.90 Å². The normalized spacial score (nSPS) is 13.9. The van der Waals surface area contributed by atoms with Crippen LogP contribution >= 0.6 is 0 Å². The summed E-state index contributed by atoms with van der Waals surface area (Å²) >= 11 is 0. The Morgan fingerprint density at radius 2 is 1.78 bits per heavy atom. The second-order valence-electron chi connectivity index (χ2n) is 3.82. The summed E-state index contributed by atoms with van der Waals surface area (Å²) in [6.07, 6.45) is 1.49. The number of rotatable bonds is 1. The van der Waals surface area contributed by atoms with E-state index in [2.05, 4.69) is 4.98 Å². The molecule has 0 fully saturated rings. The van der Waals surface area contributed by atoms with Crippen molar-refractivity contribution in [1.82, 2.24) is 4.98 Å². The molecule has 0 unspecified atom stereocenters. The Morgan fingerprint density at radius 1 is 1.00 bits per heavy atom. The molecule has 0 bridgehead atoms. The first-order chi connectivity index (χ1) is 8.68. The monoisotopic (exact) mass is 242 g/mol. The minimum atomic E-state index is -0.548. The predicted molar refractivity (Wildman–Crippen MR) is 61.8 cm³/mol. The number of imide groups is 1. The smallest absolute Gasteiger partial charge is 0.267 e. The van der Waals surface area contributed by atoms with Crippen LogP contribution in [0, 0.1) is 5.82 Å². The van der Waals surface area contributed by atoms with Gasteiger partial charge in [0.1, 0.15) is 11.6 Å². The molecule has 2 amide bonds. The molecular formula is C13H7FN2O2. The van der Waals surface area contributed by atoms with Crippen LogP contribution in [0.2, 0.25) is 0 Å². The summed E-state index contributed by atoms with van der Waals surface area (Å²) in [7, 11) is 0. The number of nitrogens with zero attached hydrogens (tertiary/aromatic N) is 2. The molecule has 3 rings (SSSR count). The van der Waals surface area contributed by atoms with Crippen LogP contribution in [0.5, 0.6) is 0 Å². The number of amides is 2. The lowest BCUT2D eigenvalue weighted by Gasteiger charge is -2.11. The van der Waals surface area contributed by atoms with Crippen LogP contribution in [0.4, 0.5) is 10.2 Å². The zero-order valence-corrected chi connectivity index (χ0v) is 9.13. The number of halogens is 1. The number of pyridine rings is 1. The summed E-state index contributed by atoms with van der Waals surface area (Å²) in [5.74, 6) is -1.33. The highest BCUT2D eigenvalue weighted by Gasteiger charge is 2.37. The molecule has 0 spiro atoms. The van der Waals surface area contributed by atoms with Crippen molar-refractivity contribution in [3.63, 3.8) is 0 Å². The molecule has 0 saturated heterocycles. The van der Waals surface area contributed by atoms with Gasteiger partial charge in [0.25, 0.3) is 11.8 Å². The number of carbonyl (C=O) groups excluding carboxylic acids is 2. The van der Waals surface area contributed by atoms with E-state index in [0.717, 1.165) is 17.0 Å². The highest BCUT2D eigenvalue weighted by Crippen LogP contribution is 2.27. The van der Waals surface area contributed by atoms with Crippen molar-refractivity contribution in [3.05, 3.63) is 59.5 Å². The topological polar surface area (TPSA) is 50.3 Å². The first-order valence-electron chi connectivity index (χ1n) is 5.28. The van der Waals surface area contributed by atoms with Crippen molar-refractivity contribution in [2.24, 2.45) is 0 Å². The summed E-state index contributed by atoms with van der Waals surface area (Å²) in [4.78, 5) is 29.0. The zero-order chi connectivity index (χ0) is 12.7. The highest BCUT2D eigenvalue weighted by atomic mass is 19.1. The Kier molecular flexibility index (Phi) is 2.19. The first-order valence-corrected chi connectivity index (χ1v) is 5.28. The lowest BCUT2D eigenvalue weighted by molar-refractivity contribution is 0.0925. The van der Waals surface area contributed by atoms with E-state index in [1.54, 1.807) is 18.2 Å². The van der Waals surface area contributed by atoms with E-state index in [1.165, 1.54) is 12.3 Å². The lowest BCUT2D eigenvalue weighted by Crippen LogP contribution is -2.30. The van der Waals surface area contributed by atoms with Gasteiger partial charge in [-0.1, -0.05) is 6.07 Å². The summed E-state index contributed by atoms with van der Waals surface area (Å²) < 4.78 is 13.1. The summed E-state index contributed by atoms with van der Waals surface area (Å²) in [6, 6.07) is 8.45. The fourth-order valence-corrected chi connectivity index (χ4v) is 1.91. The summed E-state index contributed by atoms with van der Waals surface area (Å²) in [6.45, 7) is 0. The van der Waals surface area contributed by atoms with Crippen molar-refractivity contribution in [1.29, 1.82) is 0 Å². The van der Waals surface area contributed by atoms with Gasteiger partial charge in [0.15, 0.2) is 0 Å². The molecule has 0 radical (unpaired) electrons. The van der Waals surface area contributed by atoms with E-state index in [9.17, 15) is 14.0 Å². The Bertz CT molecular complexity index is 655. The molecule has 88 valence electrons. The minimum absolute atomic E-state index is 0.0747. The average Bonchev–Trinajstić information content (AvgIpc) is 2.63. The van der Waals surface area contributed by atoms with Gasteiger partial charge in [0, 0.05) is 6.20 Å². The number of hydrogen-bond donors (Lipinski definition) is 0. The van der Waals surface area contributed by atoms with Gasteiger partial charge in [0.05, 0.1) is 11.1 Å². The molecule has 1 aliphatic heterocycles. The van der Waals surface area contributed by atoms with Crippen molar-refractivity contribution in [3.8, 4) is 0 Å². The molecule has 1 aliphatic rings. The van der Waals surface area contributed by atoms with E-state index < -0.39 is 17.6 Å². The van der Waals surface area contributed by atoms with Crippen LogP contribution in [0.25, 0.3) is 0 Å². The molecule has 0 atom stereocenters. The standard InChI is InChI=1S/C13H7FN2O2/c14-8-4-5-9-10(7-8)13(18)16(12(9)17)11-3-1-2-6-15-11/h1-7H. The highest BCUT2D eigenvalue weighted by molar-refractivity contribution is 6.34. The van der Waals surface area contributed by atoms with Gasteiger partial charge < -0.3 is 0 Å². The Hall–Kier alpha value is -2.56. The van der Waals surface area contributed by atoms with Gasteiger partial charge in [0.2, 0.25) is 0 Å². The van der Waals surface area contributed by atoms with Crippen LogP contribution in [0.1, 0.15) is 20.7 Å². The van der Waals surface area contributed by atoms with Crippen LogP contribution in [-0.4, -0.2) is 16.8 Å². The second-order valence-corrected chi connectivity index (χ2v) is 3.82. The third-order valence-electron chi connectivity index (χ3n) is 2.73. The molecule has 1 aromatic heterocycles. The fourth-order valence-electron chi connectivity index (χ4n) is 1.91. The van der Waals surface area contributed by atoms with Crippen LogP contribution in [0.15, 0.2) is 42.6 Å². The predicted octanol–water partition coefficient (Wildman–Crippen LogP) is 2.02. The number of hydrogen-bond acceptors (Lipinski definition) is 3. The molecule has 18 heavy (non-hydrogen) atoms. The Morgan fingerprint density at radius 3 is 2.50 bits per heavy atom. The molecule has 5 heteroatoms. The van der Waals surface area contributed by atoms with Crippen molar-refractivity contribution >= 4 is 17.6 Å². The third kappa shape index (κ3) is 1.41. The molecule has 1 aromatic carbocycles. The molecular weight excluding hydrogens is 235 g/mol. The Balaban J connectivity index is 2.13. The zero-order valence-electron chi connectivity index (χ0n) is 9.13. The van der Waals surface area contributed by atoms with E-state index in [4.69, 9.17) is 0 Å². The number of anilines is 1. The maximum absolute atomic E-state index is 13.1. The first kappa shape index (κ1) is 10.6. The maximum atomic E-state index is 13.1. The molecule has 0 saturated carbocycles. The van der Waals surface area contributed by atoms with E-state index in [0.29, 0.717) is 0 Å². The second kappa shape index (κ2) is 3.73. The van der Waals surface area contributed by atoms with Gasteiger partial charge in [-0.25, -0.2) is 14.3 Å². The van der Waals surface area contributed by atoms with Crippen LogP contribution in [-0.2, 0) is 0 Å². The number of fused-ring (bicyclic) bond motifs is 1. The number of benzene rings is 1. The molecule has 0 N–H and O–H groups in total. The van der Waals surface area contributed by atoms with Gasteiger partial charge >= 0.3 is 0 Å². The fraction of sp³-hybridized carbons (Fsp3) is 0. The molecule has 0 aliphatic carbocycles. The van der Waals surface area contributed by atoms with Gasteiger partial charge in [-0.2, -0.15) is 0 Å². The Labute approximate surface area is 102 Å². The molecule has 2 heterocycles. The van der Waals surface area contributed by atoms with Crippen molar-refractivity contribution < 1.29 is 14.0 Å². The SMILES string of the molecule is O=C1c2ccc(F)cc2C(=O)N1c1ccccn1. The van der Waals surface area contributed by atoms with Gasteiger partial charge in [-0.05, 0) is 30.3 Å². The van der Waals surface area contributed by atoms with Crippen LogP contribution < -0.4 is 4.90 Å². The largest absolute Gasteiger partial charge is 0.268 e. The summed E-state index contributed by atoms with van der Waals surface area (Å²) in [5, 5.41) is 0. The van der Waals surface area contributed by atoms with Crippen molar-refractivity contribution in [2.45, 2.75) is 0 Å². The minimum Gasteiger partial charge on any atom is -0.268 e. The molecule has 4 nitrogen and oxygen atoms in total. The van der Waals surface area contributed by atoms with Gasteiger partial charge in [-0.3, -0.25) is 9.59 Å². The lowest BCUT2D eigenvalue weighted by atomic mass is 10.1. The average molecular weight is 242 g/mol. The van der Waals surface area contributed by atoms with E-state index >= 15 is 0 Å². The van der Waals surface area contributed by atoms with Crippen LogP contribution in [0.3, 0.4) is 0 Å². The van der Waals surface area contributed by atoms with Gasteiger partial charge in [-0.15, -0.1) is 0 Å². The molecule has 2 aromatic rings. The van der Waals surface area contributed by atoms with E-state index in [-0.39, 0.29) is 16.9 Å². The number of aromatic nitrogens is 1. The third-order valence-corrected chi connectivity index (χ3v) is 2.73. The maximum Gasteiger partial charge on any atom is 0.267 e. The summed E-state index contributed by atoms with van der Waals surface area (Å²) in [5.41, 5.74) is 0.276. The quantitative estimate of drug-likeness (QED) is 0.719. The van der Waals surface area contributed by atoms with E-state index in [1.807, 2.05) is 0 Å². The number of carbonyl (C=O) groups is 2.